The standard InChI is InChI=1S/C18H27N3O4/c1-3-25-18(24)21-11-9-20(10-12-21)15-14(16(22)17(15)23)19(2)13-7-5-4-6-8-13/h13H,3-12H2,1-2H3. The Kier molecular flexibility index (Phi) is 5.30. The second kappa shape index (κ2) is 7.45. The van der Waals surface area contributed by atoms with Crippen LogP contribution in [-0.4, -0.2) is 56.9 Å². The van der Waals surface area contributed by atoms with E-state index in [1.165, 1.54) is 19.3 Å². The number of carbonyl (C=O) groups excluding carboxylic acids is 1. The average molecular weight is 349 g/mol. The number of nitrogens with zero attached hydrogens (tertiary/aromatic N) is 3. The van der Waals surface area contributed by atoms with Gasteiger partial charge in [0, 0.05) is 39.3 Å². The first-order valence-corrected chi connectivity index (χ1v) is 9.27. The van der Waals surface area contributed by atoms with Crippen molar-refractivity contribution in [1.82, 2.24) is 4.90 Å². The van der Waals surface area contributed by atoms with E-state index in [1.807, 2.05) is 16.8 Å². The molecule has 1 aromatic carbocycles. The summed E-state index contributed by atoms with van der Waals surface area (Å²) in [7, 11) is 1.94. The van der Waals surface area contributed by atoms with Gasteiger partial charge in [0.1, 0.15) is 11.4 Å². The van der Waals surface area contributed by atoms with Gasteiger partial charge in [-0.15, -0.1) is 0 Å². The molecule has 25 heavy (non-hydrogen) atoms. The zero-order valence-corrected chi connectivity index (χ0v) is 15.1. The molecular formula is C18H27N3O4. The molecule has 0 spiro atoms. The normalized spacial score (nSPS) is 19.3. The lowest BCUT2D eigenvalue weighted by atomic mass is 9.93. The van der Waals surface area contributed by atoms with Crippen LogP contribution in [0.15, 0.2) is 9.59 Å². The van der Waals surface area contributed by atoms with Crippen LogP contribution in [0.4, 0.5) is 16.2 Å². The minimum atomic E-state index is -0.387. The Hall–Kier alpha value is -2.05. The molecule has 1 aliphatic carbocycles. The van der Waals surface area contributed by atoms with Gasteiger partial charge in [0.25, 0.3) is 10.9 Å². The average Bonchev–Trinajstić information content (AvgIpc) is 2.66. The summed E-state index contributed by atoms with van der Waals surface area (Å²) < 4.78 is 5.02. The zero-order chi connectivity index (χ0) is 18.0. The van der Waals surface area contributed by atoms with E-state index in [1.54, 1.807) is 11.8 Å². The highest BCUT2D eigenvalue weighted by molar-refractivity contribution is 5.77. The van der Waals surface area contributed by atoms with E-state index in [0.29, 0.717) is 50.2 Å². The van der Waals surface area contributed by atoms with Crippen molar-refractivity contribution in [3.63, 3.8) is 0 Å². The Morgan fingerprint density at radius 2 is 1.72 bits per heavy atom. The van der Waals surface area contributed by atoms with Crippen LogP contribution < -0.4 is 20.7 Å². The third-order valence-corrected chi connectivity index (χ3v) is 5.46. The van der Waals surface area contributed by atoms with Crippen molar-refractivity contribution in [2.45, 2.75) is 45.1 Å². The Labute approximate surface area is 147 Å². The van der Waals surface area contributed by atoms with E-state index in [9.17, 15) is 14.4 Å². The second-order valence-corrected chi connectivity index (χ2v) is 6.93. The van der Waals surface area contributed by atoms with Crippen molar-refractivity contribution in [2.24, 2.45) is 0 Å². The fourth-order valence-electron chi connectivity index (χ4n) is 3.97. The molecule has 0 radical (unpaired) electrons. The molecule has 1 heterocycles. The van der Waals surface area contributed by atoms with Crippen molar-refractivity contribution in [2.75, 3.05) is 49.6 Å². The Bertz CT molecular complexity index is 681. The Morgan fingerprint density at radius 1 is 1.08 bits per heavy atom. The number of ether oxygens (including phenoxy) is 1. The molecule has 0 unspecified atom stereocenters. The maximum atomic E-state index is 12.2. The maximum absolute atomic E-state index is 12.2. The molecule has 7 heteroatoms. The third kappa shape index (κ3) is 3.37. The molecule has 1 aliphatic heterocycles. The summed E-state index contributed by atoms with van der Waals surface area (Å²) in [5.74, 6) is 0. The highest BCUT2D eigenvalue weighted by atomic mass is 16.6. The van der Waals surface area contributed by atoms with Crippen LogP contribution in [0.5, 0.6) is 0 Å². The first-order valence-electron chi connectivity index (χ1n) is 9.27. The monoisotopic (exact) mass is 349 g/mol. The number of hydrogen-bond acceptors (Lipinski definition) is 6. The largest absolute Gasteiger partial charge is 0.450 e. The minimum Gasteiger partial charge on any atom is -0.450 e. The number of piperazine rings is 1. The van der Waals surface area contributed by atoms with Crippen LogP contribution in [0.1, 0.15) is 39.0 Å². The first-order chi connectivity index (χ1) is 12.0. The van der Waals surface area contributed by atoms with Crippen molar-refractivity contribution in [3.05, 3.63) is 20.4 Å². The van der Waals surface area contributed by atoms with Crippen molar-refractivity contribution < 1.29 is 9.53 Å². The first kappa shape index (κ1) is 17.8. The summed E-state index contributed by atoms with van der Waals surface area (Å²) in [6, 6.07) is 0.344. The second-order valence-electron chi connectivity index (χ2n) is 6.93. The predicted molar refractivity (Wildman–Crippen MR) is 97.4 cm³/mol. The van der Waals surface area contributed by atoms with Gasteiger partial charge in [-0.2, -0.15) is 0 Å². The van der Waals surface area contributed by atoms with Crippen LogP contribution in [0.25, 0.3) is 0 Å². The molecule has 1 aromatic rings. The van der Waals surface area contributed by atoms with E-state index < -0.39 is 0 Å². The van der Waals surface area contributed by atoms with E-state index in [2.05, 4.69) is 0 Å². The number of anilines is 2. The smallest absolute Gasteiger partial charge is 0.409 e. The lowest BCUT2D eigenvalue weighted by Gasteiger charge is -2.39. The van der Waals surface area contributed by atoms with E-state index in [-0.39, 0.29) is 17.0 Å². The highest BCUT2D eigenvalue weighted by Gasteiger charge is 2.33. The molecular weight excluding hydrogens is 322 g/mol. The Morgan fingerprint density at radius 3 is 2.32 bits per heavy atom. The van der Waals surface area contributed by atoms with E-state index >= 15 is 0 Å². The predicted octanol–water partition coefficient (Wildman–Crippen LogP) is 1.33. The van der Waals surface area contributed by atoms with Gasteiger partial charge in [0.05, 0.1) is 6.61 Å². The number of hydrogen-bond donors (Lipinski definition) is 0. The van der Waals surface area contributed by atoms with Crippen LogP contribution in [-0.2, 0) is 4.74 Å². The summed E-state index contributed by atoms with van der Waals surface area (Å²) in [4.78, 5) is 41.8. The Balaban J connectivity index is 1.70. The fraction of sp³-hybridized carbons (Fsp3) is 0.722. The molecule has 0 atom stereocenters. The molecule has 2 aliphatic rings. The number of amides is 1. The van der Waals surface area contributed by atoms with Crippen LogP contribution in [0.2, 0.25) is 0 Å². The van der Waals surface area contributed by atoms with Gasteiger partial charge < -0.3 is 19.4 Å². The fourth-order valence-corrected chi connectivity index (χ4v) is 3.97. The van der Waals surface area contributed by atoms with Crippen molar-refractivity contribution >= 4 is 17.5 Å². The molecule has 1 saturated carbocycles. The van der Waals surface area contributed by atoms with Gasteiger partial charge in [0.2, 0.25) is 0 Å². The lowest BCUT2D eigenvalue weighted by molar-refractivity contribution is 0.105. The van der Waals surface area contributed by atoms with Gasteiger partial charge in [-0.1, -0.05) is 19.3 Å². The summed E-state index contributed by atoms with van der Waals surface area (Å²) in [5, 5.41) is 0. The number of carbonyl (C=O) groups is 1. The number of rotatable bonds is 4. The van der Waals surface area contributed by atoms with Gasteiger partial charge in [-0.25, -0.2) is 4.79 Å². The quantitative estimate of drug-likeness (QED) is 0.764. The molecule has 138 valence electrons. The molecule has 1 saturated heterocycles. The van der Waals surface area contributed by atoms with Crippen LogP contribution in [0, 0.1) is 0 Å². The van der Waals surface area contributed by atoms with Gasteiger partial charge in [-0.3, -0.25) is 9.59 Å². The van der Waals surface area contributed by atoms with Crippen molar-refractivity contribution in [1.29, 1.82) is 0 Å². The van der Waals surface area contributed by atoms with E-state index in [0.717, 1.165) is 12.8 Å². The summed E-state index contributed by atoms with van der Waals surface area (Å²) in [6.07, 6.45) is 5.44. The molecule has 2 fully saturated rings. The third-order valence-electron chi connectivity index (χ3n) is 5.46. The molecule has 0 N–H and O–H groups in total. The van der Waals surface area contributed by atoms with Gasteiger partial charge in [0.15, 0.2) is 0 Å². The lowest BCUT2D eigenvalue weighted by Crippen LogP contribution is -2.54. The minimum absolute atomic E-state index is 0.313. The molecule has 3 rings (SSSR count). The van der Waals surface area contributed by atoms with Gasteiger partial charge in [-0.05, 0) is 19.8 Å². The highest BCUT2D eigenvalue weighted by Crippen LogP contribution is 2.30. The molecule has 7 nitrogen and oxygen atoms in total. The summed E-state index contributed by atoms with van der Waals surface area (Å²) in [5.41, 5.74) is 0.362. The zero-order valence-electron chi connectivity index (χ0n) is 15.1. The molecule has 1 amide bonds. The SMILES string of the molecule is CCOC(=O)N1CCN(c2c(N(C)C3CCCCC3)c(=O)c2=O)CC1. The van der Waals surface area contributed by atoms with Crippen molar-refractivity contribution in [3.8, 4) is 0 Å². The molecule has 0 bridgehead atoms. The van der Waals surface area contributed by atoms with Gasteiger partial charge >= 0.3 is 6.09 Å². The summed E-state index contributed by atoms with van der Waals surface area (Å²) >= 11 is 0. The maximum Gasteiger partial charge on any atom is 0.409 e. The summed E-state index contributed by atoms with van der Waals surface area (Å²) in [6.45, 7) is 4.25. The van der Waals surface area contributed by atoms with Crippen LogP contribution in [0.3, 0.4) is 0 Å². The van der Waals surface area contributed by atoms with E-state index in [4.69, 9.17) is 4.74 Å². The van der Waals surface area contributed by atoms with Crippen LogP contribution >= 0.6 is 0 Å². The molecule has 0 aromatic heterocycles. The topological polar surface area (TPSA) is 70.2 Å².